The summed E-state index contributed by atoms with van der Waals surface area (Å²) in [4.78, 5) is 14.8. The molecule has 0 N–H and O–H groups in total. The molecule has 0 aromatic heterocycles. The molecule has 2 fully saturated rings. The summed E-state index contributed by atoms with van der Waals surface area (Å²) in [5, 5.41) is 0.584. The first-order chi connectivity index (χ1) is 14.0. The van der Waals surface area contributed by atoms with Crippen molar-refractivity contribution in [1.82, 2.24) is 4.90 Å². The van der Waals surface area contributed by atoms with Gasteiger partial charge in [-0.3, -0.25) is 4.79 Å². The Morgan fingerprint density at radius 3 is 2.45 bits per heavy atom. The van der Waals surface area contributed by atoms with Crippen LogP contribution < -0.4 is 9.47 Å². The van der Waals surface area contributed by atoms with Gasteiger partial charge in [-0.25, -0.2) is 4.39 Å². The van der Waals surface area contributed by atoms with Gasteiger partial charge in [0, 0.05) is 35.5 Å². The van der Waals surface area contributed by atoms with Crippen LogP contribution in [0.25, 0.3) is 0 Å². The molecule has 2 aliphatic rings. The van der Waals surface area contributed by atoms with E-state index in [0.717, 1.165) is 31.2 Å². The van der Waals surface area contributed by atoms with Crippen LogP contribution in [0, 0.1) is 5.82 Å². The smallest absolute Gasteiger partial charge is 0.261 e. The predicted octanol–water partition coefficient (Wildman–Crippen LogP) is 5.20. The lowest BCUT2D eigenvalue weighted by Gasteiger charge is -2.38. The quantitative estimate of drug-likeness (QED) is 0.583. The summed E-state index contributed by atoms with van der Waals surface area (Å²) in [6.45, 7) is -0.0258. The largest absolute Gasteiger partial charge is 0.490 e. The number of halogens is 3. The summed E-state index contributed by atoms with van der Waals surface area (Å²) in [5.74, 6) is 1.21. The summed E-state index contributed by atoms with van der Waals surface area (Å²) in [6, 6.07) is 11.6. The molecule has 2 saturated heterocycles. The number of piperidine rings is 1. The van der Waals surface area contributed by atoms with Crippen LogP contribution in [-0.4, -0.2) is 35.6 Å². The summed E-state index contributed by atoms with van der Waals surface area (Å²) in [5.41, 5.74) is 0.765. The number of alkyl halides is 1. The van der Waals surface area contributed by atoms with Gasteiger partial charge in [-0.05, 0) is 55.3 Å². The monoisotopic (exact) mass is 437 g/mol. The molecule has 4 rings (SSSR count). The maximum absolute atomic E-state index is 13.1. The van der Waals surface area contributed by atoms with Gasteiger partial charge in [0.25, 0.3) is 5.91 Å². The zero-order valence-electron chi connectivity index (χ0n) is 15.8. The molecular weight excluding hydrogens is 416 g/mol. The van der Waals surface area contributed by atoms with E-state index in [1.165, 1.54) is 12.1 Å². The van der Waals surface area contributed by atoms with Gasteiger partial charge in [0.1, 0.15) is 23.4 Å². The highest BCUT2D eigenvalue weighted by molar-refractivity contribution is 6.30. The minimum absolute atomic E-state index is 0.0202. The van der Waals surface area contributed by atoms with Crippen LogP contribution >= 0.6 is 23.2 Å². The molecule has 29 heavy (non-hydrogen) atoms. The molecule has 0 spiro atoms. The van der Waals surface area contributed by atoms with Gasteiger partial charge in [0.05, 0.1) is 5.88 Å². The van der Waals surface area contributed by atoms with E-state index >= 15 is 0 Å². The number of fused-ring (bicyclic) bond motifs is 2. The fourth-order valence-electron chi connectivity index (χ4n) is 4.34. The van der Waals surface area contributed by atoms with Crippen LogP contribution in [0.1, 0.15) is 31.2 Å². The van der Waals surface area contributed by atoms with Crippen LogP contribution in [0.4, 0.5) is 4.39 Å². The summed E-state index contributed by atoms with van der Waals surface area (Å²) in [7, 11) is 0. The first kappa shape index (κ1) is 20.3. The minimum atomic E-state index is -0.282. The maximum atomic E-state index is 13.1. The Hall–Kier alpha value is -1.98. The summed E-state index contributed by atoms with van der Waals surface area (Å²) >= 11 is 11.9. The van der Waals surface area contributed by atoms with Crippen molar-refractivity contribution in [3.8, 4) is 11.5 Å². The lowest BCUT2D eigenvalue weighted by Crippen LogP contribution is -2.50. The number of hydrogen-bond donors (Lipinski definition) is 0. The van der Waals surface area contributed by atoms with Crippen molar-refractivity contribution in [1.29, 1.82) is 0 Å². The van der Waals surface area contributed by atoms with E-state index in [9.17, 15) is 9.18 Å². The second kappa shape index (κ2) is 8.80. The fraction of sp³-hybridized carbons (Fsp3) is 0.409. The van der Waals surface area contributed by atoms with E-state index in [1.54, 1.807) is 30.3 Å². The van der Waals surface area contributed by atoms with Crippen molar-refractivity contribution in [2.75, 3.05) is 6.61 Å². The number of benzene rings is 2. The standard InChI is InChI=1S/C22H22Cl2FNO3/c23-12-14-9-15(24)1-8-21(14)28-13-22(27)26-17-4-5-18(26)11-20(10-17)29-19-6-2-16(25)3-7-19/h1-3,6-9,17-18,20H,4-5,10-13H2/t17-,18+,20?. The number of amides is 1. The molecule has 4 nitrogen and oxygen atoms in total. The molecule has 154 valence electrons. The third-order valence-corrected chi connectivity index (χ3v) is 6.13. The van der Waals surface area contributed by atoms with Crippen LogP contribution in [0.3, 0.4) is 0 Å². The van der Waals surface area contributed by atoms with E-state index in [4.69, 9.17) is 32.7 Å². The van der Waals surface area contributed by atoms with Gasteiger partial charge in [0.15, 0.2) is 6.61 Å². The zero-order chi connectivity index (χ0) is 20.4. The van der Waals surface area contributed by atoms with Gasteiger partial charge < -0.3 is 14.4 Å². The van der Waals surface area contributed by atoms with E-state index in [0.29, 0.717) is 16.5 Å². The Bertz CT molecular complexity index is 863. The van der Waals surface area contributed by atoms with Crippen molar-refractivity contribution in [2.24, 2.45) is 0 Å². The molecule has 2 aromatic carbocycles. The normalized spacial score (nSPS) is 23.1. The molecule has 0 radical (unpaired) electrons. The van der Waals surface area contributed by atoms with Crippen molar-refractivity contribution >= 4 is 29.1 Å². The molecule has 7 heteroatoms. The Morgan fingerprint density at radius 2 is 1.79 bits per heavy atom. The maximum Gasteiger partial charge on any atom is 0.261 e. The number of rotatable bonds is 6. The lowest BCUT2D eigenvalue weighted by atomic mass is 9.99. The van der Waals surface area contributed by atoms with Crippen LogP contribution in [0.15, 0.2) is 42.5 Å². The highest BCUT2D eigenvalue weighted by Crippen LogP contribution is 2.37. The first-order valence-electron chi connectivity index (χ1n) is 9.74. The van der Waals surface area contributed by atoms with Gasteiger partial charge in [-0.15, -0.1) is 11.6 Å². The zero-order valence-corrected chi connectivity index (χ0v) is 17.3. The molecule has 1 amide bonds. The molecule has 2 aromatic rings. The van der Waals surface area contributed by atoms with E-state index in [2.05, 4.69) is 0 Å². The SMILES string of the molecule is O=C(COc1ccc(Cl)cc1CCl)N1[C@@H]2CC[C@H]1CC(Oc1ccc(F)cc1)C2. The van der Waals surface area contributed by atoms with Gasteiger partial charge in [-0.2, -0.15) is 0 Å². The second-order valence-corrected chi connectivity index (χ2v) is 8.23. The molecule has 2 heterocycles. The molecule has 2 aliphatic heterocycles. The van der Waals surface area contributed by atoms with E-state index in [1.807, 2.05) is 4.90 Å². The Kier molecular flexibility index (Phi) is 6.16. The topological polar surface area (TPSA) is 38.8 Å². The predicted molar refractivity (Wildman–Crippen MR) is 110 cm³/mol. The Labute approximate surface area is 179 Å². The summed E-state index contributed by atoms with van der Waals surface area (Å²) < 4.78 is 24.9. The molecule has 0 saturated carbocycles. The van der Waals surface area contributed by atoms with Gasteiger partial charge in [0.2, 0.25) is 0 Å². The van der Waals surface area contributed by atoms with Crippen molar-refractivity contribution < 1.29 is 18.7 Å². The Morgan fingerprint density at radius 1 is 1.10 bits per heavy atom. The highest BCUT2D eigenvalue weighted by Gasteiger charge is 2.44. The lowest BCUT2D eigenvalue weighted by molar-refractivity contribution is -0.139. The van der Waals surface area contributed by atoms with Gasteiger partial charge >= 0.3 is 0 Å². The van der Waals surface area contributed by atoms with Crippen LogP contribution in [-0.2, 0) is 10.7 Å². The molecule has 3 atom stereocenters. The van der Waals surface area contributed by atoms with Crippen LogP contribution in [0.2, 0.25) is 5.02 Å². The number of carbonyl (C=O) groups excluding carboxylic acids is 1. The first-order valence-corrected chi connectivity index (χ1v) is 10.7. The number of carbonyl (C=O) groups is 1. The highest BCUT2D eigenvalue weighted by atomic mass is 35.5. The third kappa shape index (κ3) is 4.62. The molecule has 2 bridgehead atoms. The number of hydrogen-bond acceptors (Lipinski definition) is 3. The number of ether oxygens (including phenoxy) is 2. The Balaban J connectivity index is 1.35. The molecule has 1 unspecified atom stereocenters. The average Bonchev–Trinajstić information content (AvgIpc) is 2.99. The van der Waals surface area contributed by atoms with E-state index in [-0.39, 0.29) is 42.4 Å². The van der Waals surface area contributed by atoms with Gasteiger partial charge in [-0.1, -0.05) is 11.6 Å². The summed E-state index contributed by atoms with van der Waals surface area (Å²) in [6.07, 6.45) is 3.50. The van der Waals surface area contributed by atoms with Crippen molar-refractivity contribution in [3.63, 3.8) is 0 Å². The second-order valence-electron chi connectivity index (χ2n) is 7.53. The van der Waals surface area contributed by atoms with Crippen LogP contribution in [0.5, 0.6) is 11.5 Å². The molecular formula is C22H22Cl2FNO3. The van der Waals surface area contributed by atoms with Crippen molar-refractivity contribution in [3.05, 3.63) is 58.9 Å². The number of nitrogens with zero attached hydrogens (tertiary/aromatic N) is 1. The van der Waals surface area contributed by atoms with Crippen molar-refractivity contribution in [2.45, 2.75) is 49.8 Å². The fourth-order valence-corrected chi connectivity index (χ4v) is 4.75. The van der Waals surface area contributed by atoms with E-state index < -0.39 is 0 Å². The minimum Gasteiger partial charge on any atom is -0.490 e. The molecule has 0 aliphatic carbocycles. The average molecular weight is 438 g/mol. The third-order valence-electron chi connectivity index (χ3n) is 5.61.